The Bertz CT molecular complexity index is 689. The zero-order chi connectivity index (χ0) is 12.3. The summed E-state index contributed by atoms with van der Waals surface area (Å²) >= 11 is 0. The summed E-state index contributed by atoms with van der Waals surface area (Å²) in [6.07, 6.45) is 5.80. The average molecular weight is 232 g/mol. The quantitative estimate of drug-likeness (QED) is 0.610. The number of fused-ring (bicyclic) bond motifs is 3. The molecule has 0 heteroatoms. The maximum Gasteiger partial charge on any atom is 0.0142 e. The number of hydrogen-bond donors (Lipinski definition) is 0. The molecule has 2 aliphatic carbocycles. The van der Waals surface area contributed by atoms with Crippen LogP contribution in [-0.4, -0.2) is 0 Å². The van der Waals surface area contributed by atoms with Crippen LogP contribution >= 0.6 is 0 Å². The standard InChI is InChI=1S/C18H16/c1-11-6-8-14-16-9-7-12(2)13-4-3-5-15(18(13)16)17(14)10-11/h3-4,6-10,15H,5H2,1-2H3. The maximum atomic E-state index is 2.37. The van der Waals surface area contributed by atoms with E-state index in [1.165, 1.54) is 33.4 Å². The van der Waals surface area contributed by atoms with E-state index in [0.29, 0.717) is 5.92 Å². The fraction of sp³-hybridized carbons (Fsp3) is 0.222. The van der Waals surface area contributed by atoms with Gasteiger partial charge in [-0.05, 0) is 53.6 Å². The summed E-state index contributed by atoms with van der Waals surface area (Å²) in [4.78, 5) is 0. The molecule has 2 aromatic carbocycles. The van der Waals surface area contributed by atoms with Gasteiger partial charge >= 0.3 is 0 Å². The van der Waals surface area contributed by atoms with Crippen LogP contribution in [0.3, 0.4) is 0 Å². The van der Waals surface area contributed by atoms with Crippen LogP contribution in [-0.2, 0) is 0 Å². The molecule has 18 heavy (non-hydrogen) atoms. The van der Waals surface area contributed by atoms with Crippen molar-refractivity contribution in [3.05, 3.63) is 64.2 Å². The number of rotatable bonds is 0. The monoisotopic (exact) mass is 232 g/mol. The zero-order valence-electron chi connectivity index (χ0n) is 10.8. The van der Waals surface area contributed by atoms with Crippen LogP contribution in [0, 0.1) is 13.8 Å². The third-order valence-electron chi connectivity index (χ3n) is 4.38. The molecule has 0 spiro atoms. The minimum atomic E-state index is 0.592. The molecule has 0 saturated carbocycles. The first kappa shape index (κ1) is 10.1. The van der Waals surface area contributed by atoms with E-state index in [1.807, 2.05) is 0 Å². The molecule has 0 N–H and O–H groups in total. The molecular weight excluding hydrogens is 216 g/mol. The Balaban J connectivity index is 2.10. The van der Waals surface area contributed by atoms with E-state index < -0.39 is 0 Å². The van der Waals surface area contributed by atoms with Gasteiger partial charge in [0.15, 0.2) is 0 Å². The van der Waals surface area contributed by atoms with Crippen molar-refractivity contribution in [2.45, 2.75) is 26.2 Å². The highest BCUT2D eigenvalue weighted by Crippen LogP contribution is 2.50. The van der Waals surface area contributed by atoms with E-state index in [2.05, 4.69) is 56.3 Å². The molecule has 0 aromatic heterocycles. The minimum Gasteiger partial charge on any atom is -0.0830 e. The van der Waals surface area contributed by atoms with E-state index in [0.717, 1.165) is 6.42 Å². The maximum absolute atomic E-state index is 2.37. The molecule has 0 saturated heterocycles. The summed E-state index contributed by atoms with van der Waals surface area (Å²) in [6.45, 7) is 4.41. The van der Waals surface area contributed by atoms with Crippen molar-refractivity contribution in [1.29, 1.82) is 0 Å². The van der Waals surface area contributed by atoms with E-state index >= 15 is 0 Å². The van der Waals surface area contributed by atoms with Crippen molar-refractivity contribution in [3.8, 4) is 11.1 Å². The van der Waals surface area contributed by atoms with Crippen LogP contribution in [0.5, 0.6) is 0 Å². The molecule has 1 atom stereocenters. The molecule has 0 nitrogen and oxygen atoms in total. The van der Waals surface area contributed by atoms with Crippen LogP contribution in [0.25, 0.3) is 17.2 Å². The van der Waals surface area contributed by atoms with Crippen molar-refractivity contribution < 1.29 is 0 Å². The van der Waals surface area contributed by atoms with E-state index in [9.17, 15) is 0 Å². The Morgan fingerprint density at radius 1 is 1.00 bits per heavy atom. The van der Waals surface area contributed by atoms with Crippen molar-refractivity contribution in [2.75, 3.05) is 0 Å². The van der Waals surface area contributed by atoms with E-state index in [4.69, 9.17) is 0 Å². The first-order chi connectivity index (χ1) is 8.75. The molecule has 0 amide bonds. The number of allylic oxidation sites excluding steroid dienone is 1. The van der Waals surface area contributed by atoms with Crippen molar-refractivity contribution in [1.82, 2.24) is 0 Å². The van der Waals surface area contributed by atoms with Crippen LogP contribution in [0.15, 0.2) is 36.4 Å². The smallest absolute Gasteiger partial charge is 0.0142 e. The Hall–Kier alpha value is -1.82. The average Bonchev–Trinajstić information content (AvgIpc) is 2.69. The molecule has 0 fully saturated rings. The summed E-state index contributed by atoms with van der Waals surface area (Å²) in [7, 11) is 0. The second-order valence-corrected chi connectivity index (χ2v) is 5.54. The molecule has 0 aliphatic heterocycles. The first-order valence-corrected chi connectivity index (χ1v) is 6.66. The number of hydrogen-bond acceptors (Lipinski definition) is 0. The normalized spacial score (nSPS) is 18.7. The van der Waals surface area contributed by atoms with Crippen molar-refractivity contribution >= 4 is 6.08 Å². The summed E-state index contributed by atoms with van der Waals surface area (Å²) in [6, 6.07) is 11.5. The van der Waals surface area contributed by atoms with Gasteiger partial charge in [-0.1, -0.05) is 48.0 Å². The van der Waals surface area contributed by atoms with Gasteiger partial charge in [0.2, 0.25) is 0 Å². The van der Waals surface area contributed by atoms with Crippen molar-refractivity contribution in [3.63, 3.8) is 0 Å². The Morgan fingerprint density at radius 3 is 2.72 bits per heavy atom. The Morgan fingerprint density at radius 2 is 1.83 bits per heavy atom. The predicted molar refractivity (Wildman–Crippen MR) is 76.8 cm³/mol. The highest BCUT2D eigenvalue weighted by atomic mass is 14.3. The lowest BCUT2D eigenvalue weighted by Crippen LogP contribution is -2.02. The fourth-order valence-electron chi connectivity index (χ4n) is 3.51. The van der Waals surface area contributed by atoms with Gasteiger partial charge in [-0.15, -0.1) is 0 Å². The molecule has 0 radical (unpaired) electrons. The summed E-state index contributed by atoms with van der Waals surface area (Å²) < 4.78 is 0. The molecule has 2 aliphatic rings. The lowest BCUT2D eigenvalue weighted by molar-refractivity contribution is 0.841. The predicted octanol–water partition coefficient (Wildman–Crippen LogP) is 4.83. The van der Waals surface area contributed by atoms with Gasteiger partial charge in [-0.2, -0.15) is 0 Å². The second-order valence-electron chi connectivity index (χ2n) is 5.54. The number of benzene rings is 2. The summed E-state index contributed by atoms with van der Waals surface area (Å²) in [5.41, 5.74) is 10.2. The van der Waals surface area contributed by atoms with Gasteiger partial charge in [0.05, 0.1) is 0 Å². The van der Waals surface area contributed by atoms with Gasteiger partial charge in [0.1, 0.15) is 0 Å². The molecular formula is C18H16. The SMILES string of the molecule is Cc1ccc2c(c1)C1CC=Cc3c(C)ccc-2c31. The zero-order valence-corrected chi connectivity index (χ0v) is 10.8. The molecule has 88 valence electrons. The topological polar surface area (TPSA) is 0 Å². The van der Waals surface area contributed by atoms with Crippen molar-refractivity contribution in [2.24, 2.45) is 0 Å². The van der Waals surface area contributed by atoms with Gasteiger partial charge < -0.3 is 0 Å². The summed E-state index contributed by atoms with van der Waals surface area (Å²) in [5, 5.41) is 0. The molecule has 4 rings (SSSR count). The van der Waals surface area contributed by atoms with E-state index in [1.54, 1.807) is 5.56 Å². The highest BCUT2D eigenvalue weighted by molar-refractivity contribution is 5.85. The van der Waals surface area contributed by atoms with Gasteiger partial charge in [-0.25, -0.2) is 0 Å². The Labute approximate surface area is 108 Å². The van der Waals surface area contributed by atoms with Crippen LogP contribution in [0.2, 0.25) is 0 Å². The lowest BCUT2D eigenvalue weighted by atomic mass is 9.84. The van der Waals surface area contributed by atoms with Crippen LogP contribution < -0.4 is 0 Å². The van der Waals surface area contributed by atoms with Gasteiger partial charge in [0.25, 0.3) is 0 Å². The number of aryl methyl sites for hydroxylation is 2. The van der Waals surface area contributed by atoms with E-state index in [-0.39, 0.29) is 0 Å². The fourth-order valence-corrected chi connectivity index (χ4v) is 3.51. The largest absolute Gasteiger partial charge is 0.0830 e. The Kier molecular flexibility index (Phi) is 1.89. The van der Waals surface area contributed by atoms with Gasteiger partial charge in [0, 0.05) is 5.92 Å². The highest BCUT2D eigenvalue weighted by Gasteiger charge is 2.31. The lowest BCUT2D eigenvalue weighted by Gasteiger charge is -2.19. The third-order valence-corrected chi connectivity index (χ3v) is 4.38. The third kappa shape index (κ3) is 1.16. The van der Waals surface area contributed by atoms with Crippen LogP contribution in [0.4, 0.5) is 0 Å². The molecule has 0 bridgehead atoms. The van der Waals surface area contributed by atoms with Gasteiger partial charge in [-0.3, -0.25) is 0 Å². The summed E-state index contributed by atoms with van der Waals surface area (Å²) in [5.74, 6) is 0.592. The van der Waals surface area contributed by atoms with Crippen LogP contribution in [0.1, 0.15) is 40.2 Å². The first-order valence-electron chi connectivity index (χ1n) is 6.66. The molecule has 2 aromatic rings. The molecule has 0 heterocycles. The second kappa shape index (κ2) is 3.35. The minimum absolute atomic E-state index is 0.592. The molecule has 1 unspecified atom stereocenters.